The van der Waals surface area contributed by atoms with Crippen molar-refractivity contribution in [3.05, 3.63) is 11.9 Å². The molecule has 6 heteroatoms. The highest BCUT2D eigenvalue weighted by atomic mass is 16.2. The maximum Gasteiger partial charge on any atom is 0.242 e. The van der Waals surface area contributed by atoms with E-state index in [-0.39, 0.29) is 11.9 Å². The van der Waals surface area contributed by atoms with Crippen molar-refractivity contribution in [1.29, 1.82) is 0 Å². The fourth-order valence-corrected chi connectivity index (χ4v) is 1.61. The Morgan fingerprint density at radius 1 is 1.32 bits per heavy atom. The number of hydrogen-bond donors (Lipinski definition) is 3. The lowest BCUT2D eigenvalue weighted by molar-refractivity contribution is -0.121. The smallest absolute Gasteiger partial charge is 0.242 e. The molecule has 0 aliphatic heterocycles. The number of anilines is 2. The first-order valence-electron chi connectivity index (χ1n) is 6.69. The molecule has 1 aromatic rings. The molecule has 0 aliphatic rings. The van der Waals surface area contributed by atoms with Crippen molar-refractivity contribution in [1.82, 2.24) is 15.3 Å². The van der Waals surface area contributed by atoms with Crippen LogP contribution < -0.4 is 16.0 Å². The van der Waals surface area contributed by atoms with E-state index in [0.29, 0.717) is 12.4 Å². The molecule has 0 radical (unpaired) electrons. The molecule has 0 aliphatic carbocycles. The van der Waals surface area contributed by atoms with Crippen LogP contribution in [0.2, 0.25) is 0 Å². The molecule has 0 saturated carbocycles. The molecule has 0 saturated heterocycles. The Labute approximate surface area is 114 Å². The zero-order chi connectivity index (χ0) is 14.3. The van der Waals surface area contributed by atoms with Crippen LogP contribution in [0, 0.1) is 6.92 Å². The van der Waals surface area contributed by atoms with Gasteiger partial charge in [-0.25, -0.2) is 9.97 Å². The van der Waals surface area contributed by atoms with E-state index in [2.05, 4.69) is 25.9 Å². The molecule has 3 N–H and O–H groups in total. The zero-order valence-electron chi connectivity index (χ0n) is 12.1. The van der Waals surface area contributed by atoms with E-state index in [1.807, 2.05) is 27.7 Å². The lowest BCUT2D eigenvalue weighted by Crippen LogP contribution is -2.38. The van der Waals surface area contributed by atoms with Gasteiger partial charge in [0.15, 0.2) is 0 Å². The minimum atomic E-state index is -0.324. The average Bonchev–Trinajstić information content (AvgIpc) is 2.40. The number of carbonyl (C=O) groups is 1. The lowest BCUT2D eigenvalue weighted by Gasteiger charge is -2.17. The summed E-state index contributed by atoms with van der Waals surface area (Å²) in [6.07, 6.45) is 2.42. The second-order valence-electron chi connectivity index (χ2n) is 4.38. The van der Waals surface area contributed by atoms with Gasteiger partial charge in [0.1, 0.15) is 24.0 Å². The summed E-state index contributed by atoms with van der Waals surface area (Å²) in [6, 6.07) is -0.324. The summed E-state index contributed by atoms with van der Waals surface area (Å²) in [7, 11) is 0. The quantitative estimate of drug-likeness (QED) is 0.697. The highest BCUT2D eigenvalue weighted by Gasteiger charge is 2.14. The molecule has 1 atom stereocenters. The van der Waals surface area contributed by atoms with Crippen LogP contribution in [0.1, 0.15) is 32.8 Å². The summed E-state index contributed by atoms with van der Waals surface area (Å²) in [5, 5.41) is 9.13. The SMILES string of the molecule is CCCNC(=O)C(C)Nc1ncnc(NCC)c1C. The van der Waals surface area contributed by atoms with E-state index in [1.54, 1.807) is 0 Å². The molecule has 0 aromatic carbocycles. The van der Waals surface area contributed by atoms with Gasteiger partial charge in [-0.1, -0.05) is 6.92 Å². The number of hydrogen-bond acceptors (Lipinski definition) is 5. The minimum absolute atomic E-state index is 0.0233. The normalized spacial score (nSPS) is 11.8. The molecule has 19 heavy (non-hydrogen) atoms. The molecule has 1 rings (SSSR count). The van der Waals surface area contributed by atoms with Crippen LogP contribution in [0.3, 0.4) is 0 Å². The molecule has 106 valence electrons. The summed E-state index contributed by atoms with van der Waals surface area (Å²) < 4.78 is 0. The number of carbonyl (C=O) groups excluding carboxylic acids is 1. The Morgan fingerprint density at radius 3 is 2.63 bits per heavy atom. The predicted molar refractivity (Wildman–Crippen MR) is 77.3 cm³/mol. The molecule has 0 bridgehead atoms. The second kappa shape index (κ2) is 7.56. The predicted octanol–water partition coefficient (Wildman–Crippen LogP) is 1.54. The first kappa shape index (κ1) is 15.2. The van der Waals surface area contributed by atoms with E-state index in [4.69, 9.17) is 0 Å². The molecule has 1 heterocycles. The number of nitrogens with zero attached hydrogens (tertiary/aromatic N) is 2. The monoisotopic (exact) mass is 265 g/mol. The van der Waals surface area contributed by atoms with E-state index in [9.17, 15) is 4.79 Å². The maximum atomic E-state index is 11.8. The topological polar surface area (TPSA) is 78.9 Å². The molecule has 1 amide bonds. The van der Waals surface area contributed by atoms with E-state index >= 15 is 0 Å². The maximum absolute atomic E-state index is 11.8. The van der Waals surface area contributed by atoms with Gasteiger partial charge in [0.25, 0.3) is 0 Å². The first-order chi connectivity index (χ1) is 9.10. The van der Waals surface area contributed by atoms with Gasteiger partial charge < -0.3 is 16.0 Å². The van der Waals surface area contributed by atoms with E-state index in [1.165, 1.54) is 6.33 Å². The number of nitrogens with one attached hydrogen (secondary N) is 3. The molecule has 1 unspecified atom stereocenters. The molecular weight excluding hydrogens is 242 g/mol. The zero-order valence-corrected chi connectivity index (χ0v) is 12.1. The van der Waals surface area contributed by atoms with Crippen molar-refractivity contribution in [2.45, 2.75) is 40.2 Å². The highest BCUT2D eigenvalue weighted by molar-refractivity contribution is 5.84. The summed E-state index contributed by atoms with van der Waals surface area (Å²) in [6.45, 7) is 9.27. The van der Waals surface area contributed by atoms with Crippen molar-refractivity contribution in [3.8, 4) is 0 Å². The van der Waals surface area contributed by atoms with Gasteiger partial charge in [-0.15, -0.1) is 0 Å². The minimum Gasteiger partial charge on any atom is -0.370 e. The van der Waals surface area contributed by atoms with Crippen LogP contribution >= 0.6 is 0 Å². The van der Waals surface area contributed by atoms with Gasteiger partial charge in [-0.2, -0.15) is 0 Å². The van der Waals surface area contributed by atoms with Crippen molar-refractivity contribution >= 4 is 17.5 Å². The average molecular weight is 265 g/mol. The van der Waals surface area contributed by atoms with Crippen LogP contribution in [0.4, 0.5) is 11.6 Å². The largest absolute Gasteiger partial charge is 0.370 e. The third-order valence-electron chi connectivity index (χ3n) is 2.72. The third kappa shape index (κ3) is 4.39. The molecule has 0 spiro atoms. The highest BCUT2D eigenvalue weighted by Crippen LogP contribution is 2.18. The summed E-state index contributed by atoms with van der Waals surface area (Å²) in [5.41, 5.74) is 0.916. The Kier molecular flexibility index (Phi) is 6.05. The molecular formula is C13H23N5O. The van der Waals surface area contributed by atoms with Gasteiger partial charge in [0.05, 0.1) is 0 Å². The van der Waals surface area contributed by atoms with Gasteiger partial charge in [-0.05, 0) is 27.2 Å². The van der Waals surface area contributed by atoms with Gasteiger partial charge in [-0.3, -0.25) is 4.79 Å². The molecule has 6 nitrogen and oxygen atoms in total. The standard InChI is InChI=1S/C13H23N5O/c1-5-7-15-13(19)10(4)18-12-9(3)11(14-6-2)16-8-17-12/h8,10H,5-7H2,1-4H3,(H,15,19)(H2,14,16,17,18). The first-order valence-corrected chi connectivity index (χ1v) is 6.69. The summed E-state index contributed by atoms with van der Waals surface area (Å²) in [5.74, 6) is 1.45. The number of aromatic nitrogens is 2. The van der Waals surface area contributed by atoms with Crippen LogP contribution in [0.15, 0.2) is 6.33 Å². The van der Waals surface area contributed by atoms with Crippen LogP contribution in [-0.2, 0) is 4.79 Å². The van der Waals surface area contributed by atoms with Crippen molar-refractivity contribution in [2.24, 2.45) is 0 Å². The summed E-state index contributed by atoms with van der Waals surface area (Å²) >= 11 is 0. The van der Waals surface area contributed by atoms with Gasteiger partial charge >= 0.3 is 0 Å². The van der Waals surface area contributed by atoms with Crippen molar-refractivity contribution in [3.63, 3.8) is 0 Å². The second-order valence-corrected chi connectivity index (χ2v) is 4.38. The van der Waals surface area contributed by atoms with Gasteiger partial charge in [0.2, 0.25) is 5.91 Å². The number of rotatable bonds is 7. The molecule has 0 fully saturated rings. The fraction of sp³-hybridized carbons (Fsp3) is 0.615. The van der Waals surface area contributed by atoms with Crippen molar-refractivity contribution in [2.75, 3.05) is 23.7 Å². The Morgan fingerprint density at radius 2 is 2.00 bits per heavy atom. The lowest BCUT2D eigenvalue weighted by atomic mass is 10.2. The number of amides is 1. The fourth-order valence-electron chi connectivity index (χ4n) is 1.61. The Hall–Kier alpha value is -1.85. The van der Waals surface area contributed by atoms with Gasteiger partial charge in [0, 0.05) is 18.7 Å². The van der Waals surface area contributed by atoms with E-state index in [0.717, 1.165) is 24.3 Å². The Bertz CT molecular complexity index is 421. The van der Waals surface area contributed by atoms with Crippen LogP contribution in [0.5, 0.6) is 0 Å². The van der Waals surface area contributed by atoms with Crippen LogP contribution in [0.25, 0.3) is 0 Å². The molecule has 1 aromatic heterocycles. The van der Waals surface area contributed by atoms with Crippen molar-refractivity contribution < 1.29 is 4.79 Å². The third-order valence-corrected chi connectivity index (χ3v) is 2.72. The van der Waals surface area contributed by atoms with Crippen LogP contribution in [-0.4, -0.2) is 35.0 Å². The Balaban J connectivity index is 2.71. The van der Waals surface area contributed by atoms with E-state index < -0.39 is 0 Å². The summed E-state index contributed by atoms with van der Waals surface area (Å²) in [4.78, 5) is 20.1.